The second-order valence-electron chi connectivity index (χ2n) is 4.91. The first-order chi connectivity index (χ1) is 10.1. The van der Waals surface area contributed by atoms with Crippen LogP contribution < -0.4 is 4.90 Å². The summed E-state index contributed by atoms with van der Waals surface area (Å²) in [6, 6.07) is 3.38. The second kappa shape index (κ2) is 7.22. The lowest BCUT2D eigenvalue weighted by Crippen LogP contribution is -2.40. The fourth-order valence-electron chi connectivity index (χ4n) is 2.66. The van der Waals surface area contributed by atoms with Gasteiger partial charge in [-0.1, -0.05) is 15.9 Å². The minimum Gasteiger partial charge on any atom is -0.465 e. The molecule has 0 unspecified atom stereocenters. The Bertz CT molecular complexity index is 518. The van der Waals surface area contributed by atoms with Crippen molar-refractivity contribution in [3.05, 3.63) is 28.0 Å². The lowest BCUT2D eigenvalue weighted by molar-refractivity contribution is 0.0595. The van der Waals surface area contributed by atoms with Crippen LogP contribution in [0.4, 0.5) is 10.1 Å². The van der Waals surface area contributed by atoms with Crippen molar-refractivity contribution in [1.29, 1.82) is 0 Å². The number of rotatable bonds is 4. The van der Waals surface area contributed by atoms with Crippen molar-refractivity contribution in [2.24, 2.45) is 0 Å². The van der Waals surface area contributed by atoms with Crippen LogP contribution in [-0.2, 0) is 9.47 Å². The molecule has 1 aromatic rings. The molecule has 1 aliphatic rings. The van der Waals surface area contributed by atoms with Gasteiger partial charge in [0.2, 0.25) is 0 Å². The van der Waals surface area contributed by atoms with Crippen LogP contribution >= 0.6 is 15.9 Å². The molecule has 0 N–H and O–H groups in total. The van der Waals surface area contributed by atoms with Crippen molar-refractivity contribution in [2.75, 3.05) is 31.8 Å². The number of carbonyl (C=O) groups is 1. The Morgan fingerprint density at radius 3 is 2.71 bits per heavy atom. The summed E-state index contributed by atoms with van der Waals surface area (Å²) < 4.78 is 25.4. The maximum atomic E-state index is 14.7. The van der Waals surface area contributed by atoms with E-state index < -0.39 is 11.8 Å². The molecule has 0 amide bonds. The van der Waals surface area contributed by atoms with Gasteiger partial charge in [-0.3, -0.25) is 0 Å². The summed E-state index contributed by atoms with van der Waals surface area (Å²) in [6.07, 6.45) is 1.71. The average molecular weight is 360 g/mol. The molecule has 0 saturated carbocycles. The number of nitrogens with zero attached hydrogens (tertiary/aromatic N) is 1. The standard InChI is InChI=1S/C15H19BrFNO3/c1-3-18(11-4-6-21-7-5-11)13-9-10(16)8-12(14(13)17)15(19)20-2/h8-9,11H,3-7H2,1-2H3. The van der Waals surface area contributed by atoms with Gasteiger partial charge in [0.25, 0.3) is 0 Å². The van der Waals surface area contributed by atoms with Crippen LogP contribution in [0, 0.1) is 5.82 Å². The zero-order chi connectivity index (χ0) is 15.4. The Morgan fingerprint density at radius 1 is 1.48 bits per heavy atom. The third-order valence-corrected chi connectivity index (χ3v) is 4.16. The normalized spacial score (nSPS) is 15.8. The van der Waals surface area contributed by atoms with E-state index in [0.29, 0.717) is 29.9 Å². The Morgan fingerprint density at radius 2 is 2.14 bits per heavy atom. The summed E-state index contributed by atoms with van der Waals surface area (Å²) in [5.41, 5.74) is 0.381. The molecule has 0 aliphatic carbocycles. The summed E-state index contributed by atoms with van der Waals surface area (Å²) in [5.74, 6) is -1.20. The minimum atomic E-state index is -0.668. The van der Waals surface area contributed by atoms with E-state index in [1.807, 2.05) is 11.8 Å². The smallest absolute Gasteiger partial charge is 0.340 e. The molecule has 116 valence electrons. The Balaban J connectivity index is 2.40. The van der Waals surface area contributed by atoms with E-state index in [4.69, 9.17) is 4.74 Å². The number of carbonyl (C=O) groups excluding carboxylic acids is 1. The van der Waals surface area contributed by atoms with Crippen LogP contribution in [0.5, 0.6) is 0 Å². The molecule has 0 aromatic heterocycles. The highest BCUT2D eigenvalue weighted by Gasteiger charge is 2.26. The van der Waals surface area contributed by atoms with Gasteiger partial charge in [0, 0.05) is 30.3 Å². The van der Waals surface area contributed by atoms with Crippen molar-refractivity contribution >= 4 is 27.6 Å². The summed E-state index contributed by atoms with van der Waals surface area (Å²) in [4.78, 5) is 13.7. The first kappa shape index (κ1) is 16.2. The Labute approximate surface area is 132 Å². The number of benzene rings is 1. The van der Waals surface area contributed by atoms with Crippen LogP contribution in [0.2, 0.25) is 0 Å². The van der Waals surface area contributed by atoms with Crippen molar-refractivity contribution in [1.82, 2.24) is 0 Å². The van der Waals surface area contributed by atoms with Crippen molar-refractivity contribution in [2.45, 2.75) is 25.8 Å². The number of hydrogen-bond donors (Lipinski definition) is 0. The SMILES string of the molecule is CCN(c1cc(Br)cc(C(=O)OC)c1F)C1CCOCC1. The van der Waals surface area contributed by atoms with E-state index in [1.165, 1.54) is 13.2 Å². The lowest BCUT2D eigenvalue weighted by Gasteiger charge is -2.35. The van der Waals surface area contributed by atoms with Crippen molar-refractivity contribution in [3.63, 3.8) is 0 Å². The zero-order valence-electron chi connectivity index (χ0n) is 12.2. The van der Waals surface area contributed by atoms with Crippen LogP contribution in [0.1, 0.15) is 30.1 Å². The van der Waals surface area contributed by atoms with Gasteiger partial charge in [-0.15, -0.1) is 0 Å². The monoisotopic (exact) mass is 359 g/mol. The Hall–Kier alpha value is -1.14. The number of ether oxygens (including phenoxy) is 2. The highest BCUT2D eigenvalue weighted by atomic mass is 79.9. The third-order valence-electron chi connectivity index (χ3n) is 3.71. The predicted octanol–water partition coefficient (Wildman–Crippen LogP) is 3.38. The predicted molar refractivity (Wildman–Crippen MR) is 82.3 cm³/mol. The molecular weight excluding hydrogens is 341 g/mol. The second-order valence-corrected chi connectivity index (χ2v) is 5.82. The maximum Gasteiger partial charge on any atom is 0.340 e. The Kier molecular flexibility index (Phi) is 5.58. The molecule has 1 saturated heterocycles. The molecule has 1 fully saturated rings. The first-order valence-electron chi connectivity index (χ1n) is 7.00. The van der Waals surface area contributed by atoms with Gasteiger partial charge in [-0.2, -0.15) is 0 Å². The van der Waals surface area contributed by atoms with Gasteiger partial charge < -0.3 is 14.4 Å². The third kappa shape index (κ3) is 3.55. The highest BCUT2D eigenvalue weighted by molar-refractivity contribution is 9.10. The summed E-state index contributed by atoms with van der Waals surface area (Å²) in [7, 11) is 1.25. The maximum absolute atomic E-state index is 14.7. The van der Waals surface area contributed by atoms with E-state index in [-0.39, 0.29) is 11.6 Å². The summed E-state index contributed by atoms with van der Waals surface area (Å²) in [5, 5.41) is 0. The largest absolute Gasteiger partial charge is 0.465 e. The number of esters is 1. The number of methoxy groups -OCH3 is 1. The molecule has 1 aliphatic heterocycles. The van der Waals surface area contributed by atoms with Crippen molar-refractivity contribution in [3.8, 4) is 0 Å². The lowest BCUT2D eigenvalue weighted by atomic mass is 10.0. The molecule has 4 nitrogen and oxygen atoms in total. The minimum absolute atomic E-state index is 0.0487. The molecule has 1 heterocycles. The molecule has 21 heavy (non-hydrogen) atoms. The van der Waals surface area contributed by atoms with Crippen LogP contribution in [0.3, 0.4) is 0 Å². The van der Waals surface area contributed by atoms with E-state index >= 15 is 0 Å². The first-order valence-corrected chi connectivity index (χ1v) is 7.79. The van der Waals surface area contributed by atoms with Crippen molar-refractivity contribution < 1.29 is 18.7 Å². The van der Waals surface area contributed by atoms with Crippen LogP contribution in [-0.4, -0.2) is 38.9 Å². The highest BCUT2D eigenvalue weighted by Crippen LogP contribution is 2.31. The molecular formula is C15H19BrFNO3. The number of hydrogen-bond acceptors (Lipinski definition) is 4. The molecule has 0 radical (unpaired) electrons. The number of anilines is 1. The molecule has 0 spiro atoms. The summed E-state index contributed by atoms with van der Waals surface area (Å²) in [6.45, 7) is 4.01. The average Bonchev–Trinajstić information content (AvgIpc) is 2.51. The van der Waals surface area contributed by atoms with E-state index in [2.05, 4.69) is 20.7 Å². The summed E-state index contributed by atoms with van der Waals surface area (Å²) >= 11 is 3.34. The van der Waals surface area contributed by atoms with E-state index in [0.717, 1.165) is 12.8 Å². The van der Waals surface area contributed by atoms with Crippen LogP contribution in [0.25, 0.3) is 0 Å². The van der Waals surface area contributed by atoms with E-state index in [1.54, 1.807) is 6.07 Å². The van der Waals surface area contributed by atoms with E-state index in [9.17, 15) is 9.18 Å². The van der Waals surface area contributed by atoms with Gasteiger partial charge in [0.1, 0.15) is 0 Å². The topological polar surface area (TPSA) is 38.8 Å². The van der Waals surface area contributed by atoms with Crippen LogP contribution in [0.15, 0.2) is 16.6 Å². The zero-order valence-corrected chi connectivity index (χ0v) is 13.8. The molecule has 6 heteroatoms. The van der Waals surface area contributed by atoms with Gasteiger partial charge in [0.05, 0.1) is 18.4 Å². The van der Waals surface area contributed by atoms with Gasteiger partial charge in [0.15, 0.2) is 5.82 Å². The molecule has 2 rings (SSSR count). The molecule has 0 atom stereocenters. The quantitative estimate of drug-likeness (QED) is 0.772. The van der Waals surface area contributed by atoms with Gasteiger partial charge in [-0.05, 0) is 31.9 Å². The molecule has 0 bridgehead atoms. The fraction of sp³-hybridized carbons (Fsp3) is 0.533. The van der Waals surface area contributed by atoms with Gasteiger partial charge in [-0.25, -0.2) is 9.18 Å². The fourth-order valence-corrected chi connectivity index (χ4v) is 3.11. The van der Waals surface area contributed by atoms with Gasteiger partial charge >= 0.3 is 5.97 Å². The molecule has 1 aromatic carbocycles. The number of halogens is 2.